The average molecular weight is 240 g/mol. The lowest BCUT2D eigenvalue weighted by molar-refractivity contribution is 0.613. The maximum atomic E-state index is 3.58. The zero-order valence-electron chi connectivity index (χ0n) is 7.81. The van der Waals surface area contributed by atoms with Gasteiger partial charge in [-0.1, -0.05) is 19.1 Å². The number of nitrogens with one attached hydrogen (secondary N) is 1. The molecule has 70 valence electrons. The monoisotopic (exact) mass is 239 g/mol. The van der Waals surface area contributed by atoms with Crippen molar-refractivity contribution in [1.29, 1.82) is 0 Å². The first kappa shape index (κ1) is 9.07. The van der Waals surface area contributed by atoms with Crippen LogP contribution in [0.5, 0.6) is 0 Å². The van der Waals surface area contributed by atoms with Gasteiger partial charge in [-0.3, -0.25) is 0 Å². The van der Waals surface area contributed by atoms with Gasteiger partial charge in [-0.2, -0.15) is 0 Å². The van der Waals surface area contributed by atoms with Crippen LogP contribution in [0.3, 0.4) is 0 Å². The summed E-state index contributed by atoms with van der Waals surface area (Å²) in [5.41, 5.74) is 2.75. The highest BCUT2D eigenvalue weighted by atomic mass is 79.9. The molecule has 1 unspecified atom stereocenters. The van der Waals surface area contributed by atoms with Crippen LogP contribution in [-0.2, 0) is 6.42 Å². The molecule has 0 saturated carbocycles. The number of rotatable bonds is 1. The molecule has 0 fully saturated rings. The Kier molecular flexibility index (Phi) is 2.58. The third kappa shape index (κ3) is 1.73. The van der Waals surface area contributed by atoms with E-state index in [4.69, 9.17) is 0 Å². The molecule has 1 heterocycles. The van der Waals surface area contributed by atoms with Gasteiger partial charge in [0.2, 0.25) is 0 Å². The number of para-hydroxylation sites is 1. The summed E-state index contributed by atoms with van der Waals surface area (Å²) in [6.45, 7) is 2.24. The molecule has 1 atom stereocenters. The van der Waals surface area contributed by atoms with Gasteiger partial charge in [-0.15, -0.1) is 0 Å². The van der Waals surface area contributed by atoms with Gasteiger partial charge in [0.15, 0.2) is 0 Å². The lowest BCUT2D eigenvalue weighted by Crippen LogP contribution is -2.24. The molecule has 0 spiro atoms. The van der Waals surface area contributed by atoms with Crippen molar-refractivity contribution in [1.82, 2.24) is 0 Å². The molecule has 2 heteroatoms. The maximum absolute atomic E-state index is 3.58. The van der Waals surface area contributed by atoms with Crippen LogP contribution in [0.15, 0.2) is 22.7 Å². The predicted molar refractivity (Wildman–Crippen MR) is 60.2 cm³/mol. The van der Waals surface area contributed by atoms with Gasteiger partial charge in [-0.05, 0) is 46.8 Å². The van der Waals surface area contributed by atoms with E-state index in [2.05, 4.69) is 46.4 Å². The highest BCUT2D eigenvalue weighted by Crippen LogP contribution is 2.32. The fraction of sp³-hybridized carbons (Fsp3) is 0.455. The Hall–Kier alpha value is -0.500. The molecule has 1 nitrogen and oxygen atoms in total. The second-order valence-electron chi connectivity index (χ2n) is 3.56. The highest BCUT2D eigenvalue weighted by molar-refractivity contribution is 9.10. The van der Waals surface area contributed by atoms with Crippen molar-refractivity contribution in [3.05, 3.63) is 28.2 Å². The Morgan fingerprint density at radius 2 is 2.38 bits per heavy atom. The van der Waals surface area contributed by atoms with Crippen LogP contribution in [0.4, 0.5) is 5.69 Å². The van der Waals surface area contributed by atoms with Crippen LogP contribution in [0.2, 0.25) is 0 Å². The number of benzene rings is 1. The van der Waals surface area contributed by atoms with E-state index in [1.54, 1.807) is 0 Å². The summed E-state index contributed by atoms with van der Waals surface area (Å²) in [4.78, 5) is 0. The lowest BCUT2D eigenvalue weighted by Gasteiger charge is -2.26. The fourth-order valence-corrected chi connectivity index (χ4v) is 2.37. The van der Waals surface area contributed by atoms with E-state index < -0.39 is 0 Å². The van der Waals surface area contributed by atoms with Gasteiger partial charge in [-0.25, -0.2) is 0 Å². The van der Waals surface area contributed by atoms with Crippen molar-refractivity contribution in [3.8, 4) is 0 Å². The third-order valence-electron chi connectivity index (χ3n) is 2.70. The van der Waals surface area contributed by atoms with Crippen LogP contribution in [0, 0.1) is 0 Å². The van der Waals surface area contributed by atoms with E-state index in [9.17, 15) is 0 Å². The van der Waals surface area contributed by atoms with E-state index >= 15 is 0 Å². The van der Waals surface area contributed by atoms with E-state index in [1.807, 2.05) is 0 Å². The zero-order valence-corrected chi connectivity index (χ0v) is 9.39. The SMILES string of the molecule is CCC1CCc2cccc(Br)c2N1. The first-order chi connectivity index (χ1) is 6.31. The summed E-state index contributed by atoms with van der Waals surface area (Å²) in [5.74, 6) is 0. The second-order valence-corrected chi connectivity index (χ2v) is 4.42. The predicted octanol–water partition coefficient (Wildman–Crippen LogP) is 3.59. The third-order valence-corrected chi connectivity index (χ3v) is 3.36. The summed E-state index contributed by atoms with van der Waals surface area (Å²) in [7, 11) is 0. The van der Waals surface area contributed by atoms with Crippen LogP contribution < -0.4 is 5.32 Å². The molecule has 1 aromatic rings. The Bertz CT molecular complexity index is 309. The number of halogens is 1. The van der Waals surface area contributed by atoms with Crippen LogP contribution >= 0.6 is 15.9 Å². The van der Waals surface area contributed by atoms with Crippen molar-refractivity contribution in [2.24, 2.45) is 0 Å². The number of anilines is 1. The molecule has 1 N–H and O–H groups in total. The molecule has 0 aromatic heterocycles. The molecule has 1 aromatic carbocycles. The Morgan fingerprint density at radius 1 is 1.54 bits per heavy atom. The summed E-state index contributed by atoms with van der Waals surface area (Å²) in [6, 6.07) is 7.07. The first-order valence-electron chi connectivity index (χ1n) is 4.85. The molecule has 1 aliphatic heterocycles. The minimum atomic E-state index is 0.659. The molecule has 2 rings (SSSR count). The molecule has 0 bridgehead atoms. The van der Waals surface area contributed by atoms with Crippen molar-refractivity contribution in [2.75, 3.05) is 5.32 Å². The van der Waals surface area contributed by atoms with E-state index in [1.165, 1.54) is 35.0 Å². The van der Waals surface area contributed by atoms with E-state index in [-0.39, 0.29) is 0 Å². The number of hydrogen-bond acceptors (Lipinski definition) is 1. The zero-order chi connectivity index (χ0) is 9.26. The molecule has 1 aliphatic rings. The summed E-state index contributed by atoms with van der Waals surface area (Å²) in [5, 5.41) is 3.57. The normalized spacial score (nSPS) is 20.6. The van der Waals surface area contributed by atoms with Gasteiger partial charge in [0.1, 0.15) is 0 Å². The first-order valence-corrected chi connectivity index (χ1v) is 5.64. The van der Waals surface area contributed by atoms with Crippen molar-refractivity contribution in [3.63, 3.8) is 0 Å². The molecule has 0 radical (unpaired) electrons. The minimum Gasteiger partial charge on any atom is -0.381 e. The lowest BCUT2D eigenvalue weighted by atomic mass is 9.97. The molecule has 0 amide bonds. The van der Waals surface area contributed by atoms with E-state index in [0.717, 1.165) is 0 Å². The maximum Gasteiger partial charge on any atom is 0.0519 e. The number of hydrogen-bond donors (Lipinski definition) is 1. The van der Waals surface area contributed by atoms with Gasteiger partial charge in [0, 0.05) is 10.5 Å². The molecular weight excluding hydrogens is 226 g/mol. The van der Waals surface area contributed by atoms with Crippen LogP contribution in [-0.4, -0.2) is 6.04 Å². The van der Waals surface area contributed by atoms with Crippen molar-refractivity contribution < 1.29 is 0 Å². The standard InChI is InChI=1S/C11H14BrN/c1-2-9-7-6-8-4-3-5-10(12)11(8)13-9/h3-5,9,13H,2,6-7H2,1H3. The highest BCUT2D eigenvalue weighted by Gasteiger charge is 2.17. The van der Waals surface area contributed by atoms with E-state index in [0.29, 0.717) is 6.04 Å². The summed E-state index contributed by atoms with van der Waals surface area (Å²) >= 11 is 3.58. The summed E-state index contributed by atoms with van der Waals surface area (Å²) in [6.07, 6.45) is 3.68. The van der Waals surface area contributed by atoms with Crippen LogP contribution in [0.25, 0.3) is 0 Å². The van der Waals surface area contributed by atoms with Crippen molar-refractivity contribution in [2.45, 2.75) is 32.2 Å². The topological polar surface area (TPSA) is 12.0 Å². The van der Waals surface area contributed by atoms with Gasteiger partial charge < -0.3 is 5.32 Å². The van der Waals surface area contributed by atoms with Gasteiger partial charge in [0.25, 0.3) is 0 Å². The molecular formula is C11H14BrN. The van der Waals surface area contributed by atoms with Crippen molar-refractivity contribution >= 4 is 21.6 Å². The Labute approximate surface area is 87.7 Å². The quantitative estimate of drug-likeness (QED) is 0.791. The molecule has 0 saturated heterocycles. The number of aryl methyl sites for hydroxylation is 1. The van der Waals surface area contributed by atoms with Gasteiger partial charge >= 0.3 is 0 Å². The number of fused-ring (bicyclic) bond motifs is 1. The fourth-order valence-electron chi connectivity index (χ4n) is 1.85. The Morgan fingerprint density at radius 3 is 3.15 bits per heavy atom. The minimum absolute atomic E-state index is 0.659. The smallest absolute Gasteiger partial charge is 0.0519 e. The van der Waals surface area contributed by atoms with Crippen LogP contribution in [0.1, 0.15) is 25.3 Å². The Balaban J connectivity index is 2.32. The average Bonchev–Trinajstić information content (AvgIpc) is 2.18. The second kappa shape index (κ2) is 3.70. The van der Waals surface area contributed by atoms with Gasteiger partial charge in [0.05, 0.1) is 5.69 Å². The summed E-state index contributed by atoms with van der Waals surface area (Å²) < 4.78 is 1.20. The molecule has 0 aliphatic carbocycles. The largest absolute Gasteiger partial charge is 0.381 e. The molecule has 13 heavy (non-hydrogen) atoms.